The zero-order chi connectivity index (χ0) is 15.1. The Morgan fingerprint density at radius 2 is 1.76 bits per heavy atom. The number of amides is 1. The van der Waals surface area contributed by atoms with Gasteiger partial charge in [0, 0.05) is 6.04 Å². The van der Waals surface area contributed by atoms with Crippen molar-refractivity contribution in [2.45, 2.75) is 45.6 Å². The minimum atomic E-state index is -0.822. The average Bonchev–Trinajstić information content (AvgIpc) is 3.04. The number of aliphatic carboxylic acids is 1. The van der Waals surface area contributed by atoms with Crippen molar-refractivity contribution in [3.8, 4) is 0 Å². The highest BCUT2D eigenvalue weighted by molar-refractivity contribution is 5.87. The molecular weight excluding hydrogens is 266 g/mol. The molecule has 0 aromatic heterocycles. The molecule has 2 saturated carbocycles. The van der Waals surface area contributed by atoms with E-state index in [4.69, 9.17) is 0 Å². The van der Waals surface area contributed by atoms with Crippen molar-refractivity contribution in [3.63, 3.8) is 0 Å². The lowest BCUT2D eigenvalue weighted by Gasteiger charge is -2.36. The minimum absolute atomic E-state index is 0.0369. The van der Waals surface area contributed by atoms with Crippen LogP contribution in [0, 0.1) is 35.5 Å². The number of carboxylic acid groups (broad SMARTS) is 1. The summed E-state index contributed by atoms with van der Waals surface area (Å²) in [6.07, 6.45) is 8.24. The number of carboxylic acids is 1. The van der Waals surface area contributed by atoms with Crippen molar-refractivity contribution < 1.29 is 14.7 Å². The molecular formula is C17H25NO3. The number of rotatable bonds is 3. The molecule has 0 radical (unpaired) electrons. The van der Waals surface area contributed by atoms with E-state index in [1.54, 1.807) is 0 Å². The van der Waals surface area contributed by atoms with Crippen LogP contribution in [0.15, 0.2) is 12.2 Å². The van der Waals surface area contributed by atoms with Gasteiger partial charge in [-0.1, -0.05) is 38.8 Å². The molecule has 2 bridgehead atoms. The fourth-order valence-electron chi connectivity index (χ4n) is 4.58. The van der Waals surface area contributed by atoms with E-state index >= 15 is 0 Å². The zero-order valence-corrected chi connectivity index (χ0v) is 12.8. The lowest BCUT2D eigenvalue weighted by molar-refractivity contribution is -0.148. The van der Waals surface area contributed by atoms with Crippen molar-refractivity contribution in [1.82, 2.24) is 5.32 Å². The first-order valence-corrected chi connectivity index (χ1v) is 8.20. The smallest absolute Gasteiger partial charge is 0.307 e. The van der Waals surface area contributed by atoms with E-state index in [2.05, 4.69) is 19.2 Å². The third kappa shape index (κ3) is 2.49. The van der Waals surface area contributed by atoms with Crippen LogP contribution in [0.25, 0.3) is 0 Å². The Hall–Kier alpha value is -1.32. The van der Waals surface area contributed by atoms with Gasteiger partial charge in [0.05, 0.1) is 11.8 Å². The fraction of sp³-hybridized carbons (Fsp3) is 0.765. The molecule has 3 rings (SSSR count). The lowest BCUT2D eigenvalue weighted by Crippen LogP contribution is -2.48. The molecule has 0 aromatic carbocycles. The Balaban J connectivity index is 1.70. The highest BCUT2D eigenvalue weighted by Gasteiger charge is 2.52. The summed E-state index contributed by atoms with van der Waals surface area (Å²) in [6.45, 7) is 4.44. The molecule has 21 heavy (non-hydrogen) atoms. The topological polar surface area (TPSA) is 66.4 Å². The first-order chi connectivity index (χ1) is 9.99. The second-order valence-corrected chi connectivity index (χ2v) is 7.22. The minimum Gasteiger partial charge on any atom is -0.481 e. The summed E-state index contributed by atoms with van der Waals surface area (Å²) in [4.78, 5) is 24.2. The molecule has 0 spiro atoms. The van der Waals surface area contributed by atoms with Gasteiger partial charge in [-0.3, -0.25) is 9.59 Å². The highest BCUT2D eigenvalue weighted by Crippen LogP contribution is 2.48. The monoisotopic (exact) mass is 291 g/mol. The molecule has 2 N–H and O–H groups in total. The first kappa shape index (κ1) is 14.6. The summed E-state index contributed by atoms with van der Waals surface area (Å²) >= 11 is 0. The molecule has 0 aromatic rings. The second-order valence-electron chi connectivity index (χ2n) is 7.22. The van der Waals surface area contributed by atoms with Gasteiger partial charge in [0.2, 0.25) is 5.91 Å². The third-order valence-electron chi connectivity index (χ3n) is 6.08. The van der Waals surface area contributed by atoms with Crippen LogP contribution in [0.3, 0.4) is 0 Å². The summed E-state index contributed by atoms with van der Waals surface area (Å²) in [7, 11) is 0. The quantitative estimate of drug-likeness (QED) is 0.785. The van der Waals surface area contributed by atoms with E-state index in [1.165, 1.54) is 6.42 Å². The number of carbonyl (C=O) groups excluding carboxylic acids is 1. The molecule has 3 aliphatic carbocycles. The Labute approximate surface area is 126 Å². The van der Waals surface area contributed by atoms with Crippen molar-refractivity contribution in [3.05, 3.63) is 12.2 Å². The van der Waals surface area contributed by atoms with Crippen LogP contribution in [-0.4, -0.2) is 23.0 Å². The van der Waals surface area contributed by atoms with Crippen LogP contribution in [0.2, 0.25) is 0 Å². The maximum atomic E-state index is 12.7. The highest BCUT2D eigenvalue weighted by atomic mass is 16.4. The van der Waals surface area contributed by atoms with E-state index in [1.807, 2.05) is 12.2 Å². The van der Waals surface area contributed by atoms with Gasteiger partial charge < -0.3 is 10.4 Å². The normalized spacial score (nSPS) is 44.8. The molecule has 0 heterocycles. The van der Waals surface area contributed by atoms with Gasteiger partial charge >= 0.3 is 5.97 Å². The molecule has 2 fully saturated rings. The van der Waals surface area contributed by atoms with Gasteiger partial charge in [0.1, 0.15) is 0 Å². The third-order valence-corrected chi connectivity index (χ3v) is 6.08. The summed E-state index contributed by atoms with van der Waals surface area (Å²) in [5, 5.41) is 12.6. The van der Waals surface area contributed by atoms with Gasteiger partial charge in [-0.05, 0) is 36.5 Å². The van der Waals surface area contributed by atoms with E-state index in [0.29, 0.717) is 11.8 Å². The molecule has 1 amide bonds. The Morgan fingerprint density at radius 1 is 1.10 bits per heavy atom. The van der Waals surface area contributed by atoms with Gasteiger partial charge in [-0.15, -0.1) is 0 Å². The standard InChI is InChI=1S/C17H25NO3/c1-9-4-3-5-13(10(9)2)18-16(19)14-11-6-7-12(8-11)15(14)17(20)21/h6-7,9-15H,3-5,8H2,1-2H3,(H,18,19)(H,20,21)/t9-,10-,11+,12+,13+,14-,15-/m1/s1. The van der Waals surface area contributed by atoms with Crippen LogP contribution in [0.1, 0.15) is 39.5 Å². The molecule has 116 valence electrons. The predicted molar refractivity (Wildman–Crippen MR) is 79.5 cm³/mol. The summed E-state index contributed by atoms with van der Waals surface area (Å²) in [5.74, 6) is -0.502. The number of allylic oxidation sites excluding steroid dienone is 2. The Bertz CT molecular complexity index is 473. The van der Waals surface area contributed by atoms with Crippen LogP contribution >= 0.6 is 0 Å². The SMILES string of the molecule is C[C@@H]1[C@H](C)CCC[C@@H]1NC(=O)[C@H]1[C@H](C(=O)O)[C@H]2C=C[C@H]1C2. The lowest BCUT2D eigenvalue weighted by atomic mass is 9.77. The van der Waals surface area contributed by atoms with E-state index in [9.17, 15) is 14.7 Å². The van der Waals surface area contributed by atoms with Crippen molar-refractivity contribution in [2.24, 2.45) is 35.5 Å². The molecule has 0 unspecified atom stereocenters. The van der Waals surface area contributed by atoms with Crippen LogP contribution < -0.4 is 5.32 Å². The van der Waals surface area contributed by atoms with Gasteiger partial charge in [0.25, 0.3) is 0 Å². The number of nitrogens with one attached hydrogen (secondary N) is 1. The summed E-state index contributed by atoms with van der Waals surface area (Å²) in [5.41, 5.74) is 0. The average molecular weight is 291 g/mol. The van der Waals surface area contributed by atoms with Crippen molar-refractivity contribution in [1.29, 1.82) is 0 Å². The van der Waals surface area contributed by atoms with Crippen LogP contribution in [0.4, 0.5) is 0 Å². The molecule has 0 aliphatic heterocycles. The second kappa shape index (κ2) is 5.47. The van der Waals surface area contributed by atoms with E-state index in [0.717, 1.165) is 19.3 Å². The van der Waals surface area contributed by atoms with Gasteiger partial charge in [0.15, 0.2) is 0 Å². The van der Waals surface area contributed by atoms with Gasteiger partial charge in [-0.2, -0.15) is 0 Å². The number of fused-ring (bicyclic) bond motifs is 2. The maximum absolute atomic E-state index is 12.7. The Kier molecular flexibility index (Phi) is 3.80. The van der Waals surface area contributed by atoms with Crippen LogP contribution in [0.5, 0.6) is 0 Å². The number of hydrogen-bond acceptors (Lipinski definition) is 2. The zero-order valence-electron chi connectivity index (χ0n) is 12.8. The van der Waals surface area contributed by atoms with Crippen molar-refractivity contribution >= 4 is 11.9 Å². The first-order valence-electron chi connectivity index (χ1n) is 8.20. The fourth-order valence-corrected chi connectivity index (χ4v) is 4.58. The van der Waals surface area contributed by atoms with Crippen molar-refractivity contribution in [2.75, 3.05) is 0 Å². The maximum Gasteiger partial charge on any atom is 0.307 e. The Morgan fingerprint density at radius 3 is 2.43 bits per heavy atom. The summed E-state index contributed by atoms with van der Waals surface area (Å²) in [6, 6.07) is 0.207. The molecule has 7 atom stereocenters. The number of carbonyl (C=O) groups is 2. The molecule has 4 heteroatoms. The molecule has 3 aliphatic rings. The summed E-state index contributed by atoms with van der Waals surface area (Å²) < 4.78 is 0. The molecule has 4 nitrogen and oxygen atoms in total. The van der Waals surface area contributed by atoms with Gasteiger partial charge in [-0.25, -0.2) is 0 Å². The molecule has 0 saturated heterocycles. The predicted octanol–water partition coefficient (Wildman–Crippen LogP) is 2.45. The number of hydrogen-bond donors (Lipinski definition) is 2. The van der Waals surface area contributed by atoms with Crippen LogP contribution in [-0.2, 0) is 9.59 Å². The van der Waals surface area contributed by atoms with E-state index in [-0.39, 0.29) is 29.7 Å². The van der Waals surface area contributed by atoms with E-state index < -0.39 is 11.9 Å². The largest absolute Gasteiger partial charge is 0.481 e.